The van der Waals surface area contributed by atoms with Crippen LogP contribution in [0.2, 0.25) is 0 Å². The molecule has 0 atom stereocenters. The van der Waals surface area contributed by atoms with Gasteiger partial charge in [-0.2, -0.15) is 0 Å². The molecule has 0 aromatic carbocycles. The number of ketones is 1. The van der Waals surface area contributed by atoms with Crippen molar-refractivity contribution in [1.82, 2.24) is 19.1 Å². The first-order chi connectivity index (χ1) is 15.7. The number of aryl methyl sites for hydroxylation is 2. The fraction of sp³-hybridized carbons (Fsp3) is 0.500. The lowest BCUT2D eigenvalue weighted by molar-refractivity contribution is 0.102. The number of Topliss-reactive ketones (excluding diaryl/α,β-unsaturated/α-hetero) is 1. The monoisotopic (exact) mass is 489 g/mol. The van der Waals surface area contributed by atoms with Crippen LogP contribution in [0.15, 0.2) is 19.5 Å². The number of thioether (sulfide) groups is 1. The summed E-state index contributed by atoms with van der Waals surface area (Å²) < 4.78 is 2.84. The van der Waals surface area contributed by atoms with Crippen LogP contribution in [0.3, 0.4) is 0 Å². The molecule has 11 heteroatoms. The third kappa shape index (κ3) is 4.31. The number of nitrogens with one attached hydrogen (secondary N) is 1. The third-order valence-corrected chi connectivity index (χ3v) is 7.80. The van der Waals surface area contributed by atoms with Gasteiger partial charge in [0.25, 0.3) is 11.1 Å². The minimum atomic E-state index is -0.799. The molecule has 0 amide bonds. The summed E-state index contributed by atoms with van der Waals surface area (Å²) >= 11 is 2.66. The highest BCUT2D eigenvalue weighted by Crippen LogP contribution is 2.35. The molecule has 3 aromatic heterocycles. The van der Waals surface area contributed by atoms with Gasteiger partial charge >= 0.3 is 5.69 Å². The Morgan fingerprint density at radius 3 is 2.70 bits per heavy atom. The van der Waals surface area contributed by atoms with Crippen molar-refractivity contribution in [3.8, 4) is 0 Å². The summed E-state index contributed by atoms with van der Waals surface area (Å²) in [6, 6.07) is 0. The van der Waals surface area contributed by atoms with Gasteiger partial charge in [0.1, 0.15) is 16.2 Å². The fourth-order valence-electron chi connectivity index (χ4n) is 4.20. The summed E-state index contributed by atoms with van der Waals surface area (Å²) in [5, 5.41) is 1.16. The first-order valence-corrected chi connectivity index (χ1v) is 12.9. The lowest BCUT2D eigenvalue weighted by Gasteiger charge is -2.14. The summed E-state index contributed by atoms with van der Waals surface area (Å²) in [7, 11) is 0. The summed E-state index contributed by atoms with van der Waals surface area (Å²) in [4.78, 5) is 59.7. The number of hydrogen-bond donors (Lipinski definition) is 2. The van der Waals surface area contributed by atoms with E-state index in [0.717, 1.165) is 43.0 Å². The second kappa shape index (κ2) is 9.30. The molecule has 1 aliphatic rings. The molecular weight excluding hydrogens is 462 g/mol. The van der Waals surface area contributed by atoms with Gasteiger partial charge in [0.05, 0.1) is 11.1 Å². The second-order valence-corrected chi connectivity index (χ2v) is 10.7. The van der Waals surface area contributed by atoms with Gasteiger partial charge in [0, 0.05) is 18.0 Å². The summed E-state index contributed by atoms with van der Waals surface area (Å²) in [5.74, 6) is -0.672. The van der Waals surface area contributed by atoms with E-state index >= 15 is 0 Å². The number of carbonyl (C=O) groups is 1. The van der Waals surface area contributed by atoms with Crippen LogP contribution in [0.5, 0.6) is 0 Å². The van der Waals surface area contributed by atoms with Crippen LogP contribution < -0.4 is 22.5 Å². The molecule has 0 aliphatic heterocycles. The maximum atomic E-state index is 13.3. The number of aromatic amines is 1. The summed E-state index contributed by atoms with van der Waals surface area (Å²) in [5.41, 5.74) is 5.45. The maximum Gasteiger partial charge on any atom is 0.329 e. The van der Waals surface area contributed by atoms with E-state index in [9.17, 15) is 19.2 Å². The molecule has 0 radical (unpaired) electrons. The lowest BCUT2D eigenvalue weighted by Crippen LogP contribution is -2.37. The molecule has 1 aliphatic carbocycles. The average Bonchev–Trinajstić information content (AvgIpc) is 3.32. The molecule has 0 saturated carbocycles. The van der Waals surface area contributed by atoms with Crippen LogP contribution in [0.1, 0.15) is 54.4 Å². The Balaban J connectivity index is 1.69. The SMILES string of the molecule is CCCn1c(SCC(=O)c2c(N)n(CC(C)C)c(=O)[nH]c2=O)nc2sc3c(c2c1=O)CCC3. The highest BCUT2D eigenvalue weighted by atomic mass is 32.2. The first-order valence-electron chi connectivity index (χ1n) is 11.1. The highest BCUT2D eigenvalue weighted by molar-refractivity contribution is 7.99. The van der Waals surface area contributed by atoms with E-state index in [-0.39, 0.29) is 35.2 Å². The number of nitrogens with two attached hydrogens (primary N) is 1. The lowest BCUT2D eigenvalue weighted by atomic mass is 10.2. The quantitative estimate of drug-likeness (QED) is 0.282. The number of thiophene rings is 1. The van der Waals surface area contributed by atoms with E-state index in [0.29, 0.717) is 21.9 Å². The summed E-state index contributed by atoms with van der Waals surface area (Å²) in [6.07, 6.45) is 3.67. The van der Waals surface area contributed by atoms with E-state index in [2.05, 4.69) is 4.98 Å². The van der Waals surface area contributed by atoms with Crippen LogP contribution in [0.4, 0.5) is 5.82 Å². The van der Waals surface area contributed by atoms with Gasteiger partial charge < -0.3 is 5.73 Å². The highest BCUT2D eigenvalue weighted by Gasteiger charge is 2.25. The number of hydrogen-bond acceptors (Lipinski definition) is 8. The zero-order chi connectivity index (χ0) is 23.9. The molecule has 0 bridgehead atoms. The van der Waals surface area contributed by atoms with Gasteiger partial charge in [-0.25, -0.2) is 9.78 Å². The minimum Gasteiger partial charge on any atom is -0.384 e. The van der Waals surface area contributed by atoms with Crippen molar-refractivity contribution in [2.45, 2.75) is 64.7 Å². The molecule has 0 spiro atoms. The largest absolute Gasteiger partial charge is 0.384 e. The summed E-state index contributed by atoms with van der Waals surface area (Å²) in [6.45, 7) is 6.57. The Morgan fingerprint density at radius 1 is 1.24 bits per heavy atom. The average molecular weight is 490 g/mol. The molecular formula is C22H27N5O4S2. The topological polar surface area (TPSA) is 133 Å². The molecule has 0 unspecified atom stereocenters. The van der Waals surface area contributed by atoms with Crippen molar-refractivity contribution in [3.05, 3.63) is 47.2 Å². The van der Waals surface area contributed by atoms with Gasteiger partial charge in [0.2, 0.25) is 0 Å². The molecule has 4 rings (SSSR count). The van der Waals surface area contributed by atoms with Crippen LogP contribution >= 0.6 is 23.1 Å². The number of anilines is 1. The van der Waals surface area contributed by atoms with Crippen molar-refractivity contribution < 1.29 is 4.79 Å². The number of H-pyrrole nitrogens is 1. The number of carbonyl (C=O) groups excluding carboxylic acids is 1. The Kier molecular flexibility index (Phi) is 6.62. The third-order valence-electron chi connectivity index (χ3n) is 5.64. The number of aromatic nitrogens is 4. The van der Waals surface area contributed by atoms with E-state index in [1.807, 2.05) is 20.8 Å². The standard InChI is InChI=1S/C22H27N5O4S2/c1-4-8-26-20(30)15-12-6-5-7-14(12)33-19(15)25-22(26)32-10-13(28)16-17(23)27(9-11(2)3)21(31)24-18(16)29/h11H,4-10,23H2,1-3H3,(H,24,29,31). The molecule has 3 aromatic rings. The molecule has 3 N–H and O–H groups in total. The Morgan fingerprint density at radius 2 is 2.00 bits per heavy atom. The van der Waals surface area contributed by atoms with Crippen molar-refractivity contribution >= 4 is 44.9 Å². The van der Waals surface area contributed by atoms with E-state index in [1.54, 1.807) is 15.9 Å². The number of nitrogens with zero attached hydrogens (tertiary/aromatic N) is 3. The predicted molar refractivity (Wildman–Crippen MR) is 132 cm³/mol. The van der Waals surface area contributed by atoms with Gasteiger partial charge in [-0.1, -0.05) is 32.5 Å². The first kappa shape index (κ1) is 23.5. The number of fused-ring (bicyclic) bond motifs is 3. The Bertz CT molecular complexity index is 1410. The van der Waals surface area contributed by atoms with Crippen LogP contribution in [0, 0.1) is 5.92 Å². The van der Waals surface area contributed by atoms with E-state index in [4.69, 9.17) is 10.7 Å². The fourth-order valence-corrected chi connectivity index (χ4v) is 6.40. The molecule has 176 valence electrons. The zero-order valence-corrected chi connectivity index (χ0v) is 20.5. The molecule has 33 heavy (non-hydrogen) atoms. The second-order valence-electron chi connectivity index (χ2n) is 8.62. The van der Waals surface area contributed by atoms with Crippen LogP contribution in [-0.4, -0.2) is 30.6 Å². The normalized spacial score (nSPS) is 13.2. The smallest absolute Gasteiger partial charge is 0.329 e. The van der Waals surface area contributed by atoms with Gasteiger partial charge in [-0.05, 0) is 37.2 Å². The van der Waals surface area contributed by atoms with Gasteiger partial charge in [-0.15, -0.1) is 11.3 Å². The maximum absolute atomic E-state index is 13.3. The molecule has 0 saturated heterocycles. The van der Waals surface area contributed by atoms with Gasteiger partial charge in [0.15, 0.2) is 10.9 Å². The van der Waals surface area contributed by atoms with Crippen molar-refractivity contribution in [1.29, 1.82) is 0 Å². The van der Waals surface area contributed by atoms with Gasteiger partial charge in [-0.3, -0.25) is 28.5 Å². The number of nitrogen functional groups attached to an aromatic ring is 1. The van der Waals surface area contributed by atoms with Crippen molar-refractivity contribution in [2.75, 3.05) is 11.5 Å². The zero-order valence-electron chi connectivity index (χ0n) is 18.9. The van der Waals surface area contributed by atoms with Crippen LogP contribution in [-0.2, 0) is 25.9 Å². The number of rotatable bonds is 8. The van der Waals surface area contributed by atoms with Crippen molar-refractivity contribution in [3.63, 3.8) is 0 Å². The minimum absolute atomic E-state index is 0.0703. The molecule has 0 fully saturated rings. The van der Waals surface area contributed by atoms with E-state index in [1.165, 1.54) is 9.44 Å². The molecule has 3 heterocycles. The molecule has 9 nitrogen and oxygen atoms in total. The van der Waals surface area contributed by atoms with Crippen molar-refractivity contribution in [2.24, 2.45) is 5.92 Å². The van der Waals surface area contributed by atoms with E-state index < -0.39 is 17.0 Å². The predicted octanol–water partition coefficient (Wildman–Crippen LogP) is 2.42. The Hall–Kier alpha value is -2.66. The Labute approximate surface area is 198 Å². The van der Waals surface area contributed by atoms with Crippen LogP contribution in [0.25, 0.3) is 10.2 Å².